The second kappa shape index (κ2) is 10.5. The fourth-order valence-corrected chi connectivity index (χ4v) is 5.70. The molecule has 2 aliphatic rings. The van der Waals surface area contributed by atoms with E-state index in [4.69, 9.17) is 18.9 Å². The summed E-state index contributed by atoms with van der Waals surface area (Å²) < 4.78 is 49.2. The molecule has 1 fully saturated rings. The Balaban J connectivity index is 1.29. The van der Waals surface area contributed by atoms with Gasteiger partial charge in [-0.3, -0.25) is 4.79 Å². The number of piperidine rings is 1. The Morgan fingerprint density at radius 2 is 1.76 bits per heavy atom. The van der Waals surface area contributed by atoms with Crippen molar-refractivity contribution in [2.75, 3.05) is 47.1 Å². The van der Waals surface area contributed by atoms with Crippen LogP contribution in [0.1, 0.15) is 18.4 Å². The van der Waals surface area contributed by atoms with Crippen LogP contribution in [0.25, 0.3) is 0 Å². The Kier molecular flexibility index (Phi) is 7.47. The third-order valence-electron chi connectivity index (χ3n) is 6.16. The average molecular weight is 491 g/mol. The number of sulfonamides is 1. The molecule has 1 N–H and O–H groups in total. The number of amides is 1. The highest BCUT2D eigenvalue weighted by Crippen LogP contribution is 2.34. The minimum absolute atomic E-state index is 0.0520. The number of carbonyl (C=O) groups is 1. The predicted molar refractivity (Wildman–Crippen MR) is 125 cm³/mol. The molecule has 0 saturated carbocycles. The normalized spacial score (nSPS) is 16.6. The molecule has 0 bridgehead atoms. The summed E-state index contributed by atoms with van der Waals surface area (Å²) in [6.07, 6.45) is 1.57. The van der Waals surface area contributed by atoms with Gasteiger partial charge in [0.2, 0.25) is 15.9 Å². The fraction of sp³-hybridized carbons (Fsp3) is 0.458. The summed E-state index contributed by atoms with van der Waals surface area (Å²) >= 11 is 0. The summed E-state index contributed by atoms with van der Waals surface area (Å²) in [6.45, 7) is 1.89. The highest BCUT2D eigenvalue weighted by atomic mass is 32.2. The van der Waals surface area contributed by atoms with Gasteiger partial charge >= 0.3 is 0 Å². The first kappa shape index (κ1) is 24.2. The lowest BCUT2D eigenvalue weighted by molar-refractivity contribution is -0.126. The molecule has 0 atom stereocenters. The third kappa shape index (κ3) is 5.23. The number of nitrogens with one attached hydrogen (secondary N) is 1. The highest BCUT2D eigenvalue weighted by molar-refractivity contribution is 7.89. The molecule has 0 aromatic heterocycles. The molecular weight excluding hydrogens is 460 g/mol. The van der Waals surface area contributed by atoms with Crippen LogP contribution in [-0.4, -0.2) is 65.7 Å². The Morgan fingerprint density at radius 1 is 1.03 bits per heavy atom. The maximum absolute atomic E-state index is 13.1. The van der Waals surface area contributed by atoms with Crippen molar-refractivity contribution in [2.45, 2.75) is 24.2 Å². The number of hydrogen-bond acceptors (Lipinski definition) is 7. The number of benzene rings is 2. The third-order valence-corrected chi connectivity index (χ3v) is 8.06. The molecule has 34 heavy (non-hydrogen) atoms. The van der Waals surface area contributed by atoms with Crippen LogP contribution >= 0.6 is 0 Å². The van der Waals surface area contributed by atoms with E-state index in [1.807, 2.05) is 18.2 Å². The summed E-state index contributed by atoms with van der Waals surface area (Å²) in [6, 6.07) is 10.3. The molecule has 1 amide bonds. The van der Waals surface area contributed by atoms with E-state index in [1.54, 1.807) is 20.3 Å². The first-order valence-electron chi connectivity index (χ1n) is 11.3. The quantitative estimate of drug-likeness (QED) is 0.605. The van der Waals surface area contributed by atoms with Crippen molar-refractivity contribution in [3.63, 3.8) is 0 Å². The molecule has 2 heterocycles. The van der Waals surface area contributed by atoms with E-state index < -0.39 is 10.0 Å². The van der Waals surface area contributed by atoms with E-state index in [9.17, 15) is 13.2 Å². The molecule has 10 heteroatoms. The van der Waals surface area contributed by atoms with E-state index in [0.29, 0.717) is 75.1 Å². The molecule has 184 valence electrons. The second-order valence-corrected chi connectivity index (χ2v) is 10.1. The molecule has 2 aliphatic heterocycles. The van der Waals surface area contributed by atoms with Crippen LogP contribution in [0.15, 0.2) is 41.3 Å². The minimum Gasteiger partial charge on any atom is -0.497 e. The summed E-state index contributed by atoms with van der Waals surface area (Å²) in [5, 5.41) is 2.98. The zero-order chi connectivity index (χ0) is 24.1. The maximum atomic E-state index is 13.1. The zero-order valence-corrected chi connectivity index (χ0v) is 20.2. The van der Waals surface area contributed by atoms with Crippen molar-refractivity contribution in [3.05, 3.63) is 42.0 Å². The molecule has 0 radical (unpaired) electrons. The van der Waals surface area contributed by atoms with Gasteiger partial charge in [-0.25, -0.2) is 8.42 Å². The van der Waals surface area contributed by atoms with Crippen LogP contribution in [0.3, 0.4) is 0 Å². The van der Waals surface area contributed by atoms with Gasteiger partial charge in [0.1, 0.15) is 24.7 Å². The first-order chi connectivity index (χ1) is 16.4. The average Bonchev–Trinajstić information content (AvgIpc) is 2.88. The van der Waals surface area contributed by atoms with Crippen molar-refractivity contribution in [3.8, 4) is 23.0 Å². The largest absolute Gasteiger partial charge is 0.497 e. The van der Waals surface area contributed by atoms with E-state index in [1.165, 1.54) is 16.4 Å². The van der Waals surface area contributed by atoms with Gasteiger partial charge in [0.05, 0.1) is 19.1 Å². The van der Waals surface area contributed by atoms with Crippen LogP contribution in [0.2, 0.25) is 0 Å². The van der Waals surface area contributed by atoms with Crippen LogP contribution in [0.4, 0.5) is 0 Å². The highest BCUT2D eigenvalue weighted by Gasteiger charge is 2.32. The van der Waals surface area contributed by atoms with Gasteiger partial charge < -0.3 is 24.3 Å². The minimum atomic E-state index is -3.67. The monoisotopic (exact) mass is 490 g/mol. The standard InChI is InChI=1S/C24H30N2O7S/c1-30-19-4-3-17(22(15-19)31-2)7-10-25-24(27)18-8-11-26(12-9-18)34(28,29)20-5-6-21-23(16-20)33-14-13-32-21/h3-6,15-16,18H,7-14H2,1-2H3,(H,25,27). The molecule has 4 rings (SSSR count). The molecule has 2 aromatic carbocycles. The Bertz CT molecular complexity index is 1130. The number of hydrogen-bond donors (Lipinski definition) is 1. The SMILES string of the molecule is COc1ccc(CCNC(=O)C2CCN(S(=O)(=O)c3ccc4c(c3)OCCO4)CC2)c(OC)c1. The van der Waals surface area contributed by atoms with Crippen molar-refractivity contribution >= 4 is 15.9 Å². The zero-order valence-electron chi connectivity index (χ0n) is 19.4. The first-order valence-corrected chi connectivity index (χ1v) is 12.7. The molecule has 0 aliphatic carbocycles. The van der Waals surface area contributed by atoms with Crippen LogP contribution in [0.5, 0.6) is 23.0 Å². The van der Waals surface area contributed by atoms with Gasteiger partial charge in [0.15, 0.2) is 11.5 Å². The van der Waals surface area contributed by atoms with Crippen molar-refractivity contribution in [2.24, 2.45) is 5.92 Å². The van der Waals surface area contributed by atoms with Gasteiger partial charge in [-0.2, -0.15) is 4.31 Å². The van der Waals surface area contributed by atoms with Gasteiger partial charge in [-0.15, -0.1) is 0 Å². The molecule has 0 unspecified atom stereocenters. The van der Waals surface area contributed by atoms with Crippen molar-refractivity contribution in [1.29, 1.82) is 0 Å². The Labute approximate surface area is 200 Å². The maximum Gasteiger partial charge on any atom is 0.243 e. The van der Waals surface area contributed by atoms with Crippen molar-refractivity contribution in [1.82, 2.24) is 9.62 Å². The van der Waals surface area contributed by atoms with Crippen LogP contribution in [-0.2, 0) is 21.2 Å². The van der Waals surface area contributed by atoms with Gasteiger partial charge in [-0.1, -0.05) is 6.07 Å². The van der Waals surface area contributed by atoms with E-state index in [-0.39, 0.29) is 16.7 Å². The number of ether oxygens (including phenoxy) is 4. The number of carbonyl (C=O) groups excluding carboxylic acids is 1. The number of fused-ring (bicyclic) bond motifs is 1. The van der Waals surface area contributed by atoms with Crippen molar-refractivity contribution < 1.29 is 32.2 Å². The Hall–Kier alpha value is -2.98. The summed E-state index contributed by atoms with van der Waals surface area (Å²) in [5.41, 5.74) is 0.976. The number of rotatable bonds is 8. The van der Waals surface area contributed by atoms with E-state index in [2.05, 4.69) is 5.32 Å². The molecule has 2 aromatic rings. The topological polar surface area (TPSA) is 103 Å². The molecular formula is C24H30N2O7S. The van der Waals surface area contributed by atoms with E-state index >= 15 is 0 Å². The van der Waals surface area contributed by atoms with Gasteiger partial charge in [0.25, 0.3) is 0 Å². The van der Waals surface area contributed by atoms with Crippen LogP contribution in [0, 0.1) is 5.92 Å². The Morgan fingerprint density at radius 3 is 2.47 bits per heavy atom. The van der Waals surface area contributed by atoms with E-state index in [0.717, 1.165) is 5.56 Å². The number of methoxy groups -OCH3 is 2. The summed E-state index contributed by atoms with van der Waals surface area (Å²) in [5.74, 6) is 2.14. The second-order valence-electron chi connectivity index (χ2n) is 8.20. The lowest BCUT2D eigenvalue weighted by atomic mass is 9.97. The van der Waals surface area contributed by atoms with Crippen LogP contribution < -0.4 is 24.3 Å². The lowest BCUT2D eigenvalue weighted by Crippen LogP contribution is -2.43. The van der Waals surface area contributed by atoms with Gasteiger partial charge in [-0.05, 0) is 43.0 Å². The summed E-state index contributed by atoms with van der Waals surface area (Å²) in [4.78, 5) is 12.8. The molecule has 1 saturated heterocycles. The fourth-order valence-electron chi connectivity index (χ4n) is 4.21. The molecule has 0 spiro atoms. The smallest absolute Gasteiger partial charge is 0.243 e. The van der Waals surface area contributed by atoms with Gasteiger partial charge in [0, 0.05) is 37.7 Å². The predicted octanol–water partition coefficient (Wildman–Crippen LogP) is 2.23. The lowest BCUT2D eigenvalue weighted by Gasteiger charge is -2.31. The molecule has 9 nitrogen and oxygen atoms in total. The number of nitrogens with zero attached hydrogens (tertiary/aromatic N) is 1. The summed E-state index contributed by atoms with van der Waals surface area (Å²) in [7, 11) is -0.470.